The van der Waals surface area contributed by atoms with E-state index in [2.05, 4.69) is 5.32 Å². The summed E-state index contributed by atoms with van der Waals surface area (Å²) in [5.41, 5.74) is 1.93. The second-order valence-corrected chi connectivity index (χ2v) is 8.63. The van der Waals surface area contributed by atoms with Crippen LogP contribution in [0.3, 0.4) is 0 Å². The van der Waals surface area contributed by atoms with Crippen LogP contribution in [0, 0.1) is 0 Å². The molecule has 1 unspecified atom stereocenters. The third kappa shape index (κ3) is 4.45. The van der Waals surface area contributed by atoms with Crippen molar-refractivity contribution in [2.24, 2.45) is 0 Å². The Balaban J connectivity index is 1.70. The molecule has 1 fully saturated rings. The molecule has 0 aliphatic carbocycles. The van der Waals surface area contributed by atoms with Gasteiger partial charge in [-0.25, -0.2) is 8.42 Å². The molecule has 0 aromatic heterocycles. The van der Waals surface area contributed by atoms with Gasteiger partial charge in [-0.3, -0.25) is 0 Å². The van der Waals surface area contributed by atoms with Gasteiger partial charge in [0.25, 0.3) is 0 Å². The fraction of sp³-hybridized carbons (Fsp3) is 0.368. The van der Waals surface area contributed by atoms with E-state index in [4.69, 9.17) is 16.3 Å². The van der Waals surface area contributed by atoms with Gasteiger partial charge in [0.2, 0.25) is 10.0 Å². The van der Waals surface area contributed by atoms with Crippen LogP contribution in [0.5, 0.6) is 0 Å². The van der Waals surface area contributed by atoms with E-state index in [9.17, 15) is 8.42 Å². The minimum Gasteiger partial charge on any atom is -0.379 e. The predicted molar refractivity (Wildman–Crippen MR) is 103 cm³/mol. The molecule has 0 spiro atoms. The van der Waals surface area contributed by atoms with Crippen LogP contribution in [-0.4, -0.2) is 39.0 Å². The van der Waals surface area contributed by atoms with Crippen LogP contribution < -0.4 is 5.32 Å². The molecule has 2 aromatic rings. The fourth-order valence-corrected chi connectivity index (χ4v) is 4.74. The molecular formula is C19H23ClN2O3S. The van der Waals surface area contributed by atoms with Crippen molar-refractivity contribution < 1.29 is 13.2 Å². The van der Waals surface area contributed by atoms with Gasteiger partial charge in [0, 0.05) is 30.7 Å². The van der Waals surface area contributed by atoms with Crippen LogP contribution in [-0.2, 0) is 21.3 Å². The lowest BCUT2D eigenvalue weighted by Gasteiger charge is -2.26. The molecule has 0 radical (unpaired) electrons. The van der Waals surface area contributed by atoms with Crippen molar-refractivity contribution in [1.82, 2.24) is 9.62 Å². The Hall–Kier alpha value is -1.44. The predicted octanol–water partition coefficient (Wildman–Crippen LogP) is 3.21. The molecule has 1 saturated heterocycles. The van der Waals surface area contributed by atoms with Crippen molar-refractivity contribution in [3.8, 4) is 0 Å². The molecular weight excluding hydrogens is 372 g/mol. The van der Waals surface area contributed by atoms with Crippen molar-refractivity contribution in [3.05, 3.63) is 64.7 Å². The number of hydrogen-bond donors (Lipinski definition) is 1. The van der Waals surface area contributed by atoms with E-state index < -0.39 is 10.0 Å². The number of sulfonamides is 1. The summed E-state index contributed by atoms with van der Waals surface area (Å²) in [6.07, 6.45) is 0. The van der Waals surface area contributed by atoms with Crippen molar-refractivity contribution >= 4 is 21.6 Å². The van der Waals surface area contributed by atoms with E-state index in [0.29, 0.717) is 37.7 Å². The highest BCUT2D eigenvalue weighted by atomic mass is 35.5. The Morgan fingerprint density at radius 2 is 1.88 bits per heavy atom. The summed E-state index contributed by atoms with van der Waals surface area (Å²) < 4.78 is 32.3. The van der Waals surface area contributed by atoms with Crippen molar-refractivity contribution in [1.29, 1.82) is 0 Å². The molecule has 3 rings (SSSR count). The SMILES string of the molecule is CC(NCc1cccc(S(=O)(=O)N2CCOCC2)c1)c1ccccc1Cl. The normalized spacial score (nSPS) is 17.2. The summed E-state index contributed by atoms with van der Waals surface area (Å²) >= 11 is 6.24. The number of ether oxygens (including phenoxy) is 1. The Morgan fingerprint density at radius 3 is 2.62 bits per heavy atom. The van der Waals surface area contributed by atoms with Gasteiger partial charge >= 0.3 is 0 Å². The van der Waals surface area contributed by atoms with E-state index in [1.54, 1.807) is 18.2 Å². The zero-order valence-corrected chi connectivity index (χ0v) is 16.3. The maximum Gasteiger partial charge on any atom is 0.243 e. The van der Waals surface area contributed by atoms with Gasteiger partial charge in [-0.05, 0) is 36.2 Å². The first-order valence-electron chi connectivity index (χ1n) is 8.63. The van der Waals surface area contributed by atoms with Gasteiger partial charge in [0.1, 0.15) is 0 Å². The van der Waals surface area contributed by atoms with Crippen LogP contribution in [0.2, 0.25) is 5.02 Å². The van der Waals surface area contributed by atoms with Crippen molar-refractivity contribution in [2.45, 2.75) is 24.4 Å². The van der Waals surface area contributed by atoms with Crippen LogP contribution in [0.15, 0.2) is 53.4 Å². The molecule has 1 aliphatic rings. The lowest BCUT2D eigenvalue weighted by Crippen LogP contribution is -2.40. The quantitative estimate of drug-likeness (QED) is 0.817. The van der Waals surface area contributed by atoms with Gasteiger partial charge in [0.15, 0.2) is 0 Å². The largest absolute Gasteiger partial charge is 0.379 e. The summed E-state index contributed by atoms with van der Waals surface area (Å²) in [7, 11) is -3.48. The first-order valence-corrected chi connectivity index (χ1v) is 10.4. The number of morpholine rings is 1. The summed E-state index contributed by atoms with van der Waals surface area (Å²) in [6.45, 7) is 4.27. The molecule has 1 heterocycles. The van der Waals surface area contributed by atoms with E-state index in [1.807, 2.05) is 37.3 Å². The van der Waals surface area contributed by atoms with E-state index >= 15 is 0 Å². The number of nitrogens with one attached hydrogen (secondary N) is 1. The van der Waals surface area contributed by atoms with Crippen molar-refractivity contribution in [3.63, 3.8) is 0 Å². The van der Waals surface area contributed by atoms with Crippen LogP contribution in [0.25, 0.3) is 0 Å². The molecule has 26 heavy (non-hydrogen) atoms. The number of benzene rings is 2. The maximum atomic E-state index is 12.8. The molecule has 7 heteroatoms. The first kappa shape index (κ1) is 19.3. The smallest absolute Gasteiger partial charge is 0.243 e. The Morgan fingerprint density at radius 1 is 1.15 bits per heavy atom. The summed E-state index contributed by atoms with van der Waals surface area (Å²) in [5, 5.41) is 4.12. The molecule has 2 aromatic carbocycles. The monoisotopic (exact) mass is 394 g/mol. The zero-order chi connectivity index (χ0) is 18.6. The van der Waals surface area contributed by atoms with E-state index in [-0.39, 0.29) is 6.04 Å². The standard InChI is InChI=1S/C19H23ClN2O3S/c1-15(18-7-2-3-8-19(18)20)21-14-16-5-4-6-17(13-16)26(23,24)22-9-11-25-12-10-22/h2-8,13,15,21H,9-12,14H2,1H3. The average molecular weight is 395 g/mol. The van der Waals surface area contributed by atoms with Gasteiger partial charge in [-0.15, -0.1) is 0 Å². The fourth-order valence-electron chi connectivity index (χ4n) is 2.96. The second-order valence-electron chi connectivity index (χ2n) is 6.29. The number of nitrogens with zero attached hydrogens (tertiary/aromatic N) is 1. The summed E-state index contributed by atoms with van der Waals surface area (Å²) in [6, 6.07) is 14.8. The van der Waals surface area contributed by atoms with Crippen LogP contribution >= 0.6 is 11.6 Å². The highest BCUT2D eigenvalue weighted by molar-refractivity contribution is 7.89. The minimum atomic E-state index is -3.48. The summed E-state index contributed by atoms with van der Waals surface area (Å²) in [5.74, 6) is 0. The van der Waals surface area contributed by atoms with Gasteiger partial charge in [-0.2, -0.15) is 4.31 Å². The first-order chi connectivity index (χ1) is 12.5. The highest BCUT2D eigenvalue weighted by Crippen LogP contribution is 2.23. The Labute approximate surface area is 160 Å². The number of halogens is 1. The summed E-state index contributed by atoms with van der Waals surface area (Å²) in [4.78, 5) is 0.323. The lowest BCUT2D eigenvalue weighted by molar-refractivity contribution is 0.0730. The molecule has 140 valence electrons. The van der Waals surface area contributed by atoms with Gasteiger partial charge in [0.05, 0.1) is 18.1 Å². The third-order valence-electron chi connectivity index (χ3n) is 4.49. The number of hydrogen-bond acceptors (Lipinski definition) is 4. The number of rotatable bonds is 6. The molecule has 0 bridgehead atoms. The molecule has 1 aliphatic heterocycles. The van der Waals surface area contributed by atoms with E-state index in [1.165, 1.54) is 4.31 Å². The molecule has 0 saturated carbocycles. The topological polar surface area (TPSA) is 58.6 Å². The Bertz CT molecular complexity index is 851. The maximum absolute atomic E-state index is 12.8. The lowest BCUT2D eigenvalue weighted by atomic mass is 10.1. The highest BCUT2D eigenvalue weighted by Gasteiger charge is 2.26. The average Bonchev–Trinajstić information content (AvgIpc) is 2.67. The van der Waals surface area contributed by atoms with Gasteiger partial charge in [-0.1, -0.05) is 41.9 Å². The minimum absolute atomic E-state index is 0.0585. The molecule has 1 N–H and O–H groups in total. The van der Waals surface area contributed by atoms with Crippen molar-refractivity contribution in [2.75, 3.05) is 26.3 Å². The zero-order valence-electron chi connectivity index (χ0n) is 14.7. The third-order valence-corrected chi connectivity index (χ3v) is 6.73. The van der Waals surface area contributed by atoms with Crippen LogP contribution in [0.4, 0.5) is 0 Å². The molecule has 5 nitrogen and oxygen atoms in total. The van der Waals surface area contributed by atoms with Crippen LogP contribution in [0.1, 0.15) is 24.1 Å². The Kier molecular flexibility index (Phi) is 6.32. The van der Waals surface area contributed by atoms with E-state index in [0.717, 1.165) is 16.1 Å². The molecule has 0 amide bonds. The second kappa shape index (κ2) is 8.50. The van der Waals surface area contributed by atoms with Gasteiger partial charge < -0.3 is 10.1 Å². The molecule has 1 atom stereocenters.